The standard InChI is InChI=1S/C9H7Br3O2/c10-6-3-1-5(2-4-6)7(11)8(12)9(13)14/h1-4,7-8H,(H,13,14)/t7-,8-/m0/s1. The summed E-state index contributed by atoms with van der Waals surface area (Å²) >= 11 is 9.76. The molecule has 0 saturated carbocycles. The monoisotopic (exact) mass is 384 g/mol. The second kappa shape index (κ2) is 5.28. The van der Waals surface area contributed by atoms with Crippen LogP contribution in [0.15, 0.2) is 28.7 Å². The van der Waals surface area contributed by atoms with Crippen molar-refractivity contribution in [2.24, 2.45) is 0 Å². The summed E-state index contributed by atoms with van der Waals surface area (Å²) in [7, 11) is 0. The van der Waals surface area contributed by atoms with Crippen LogP contribution in [0.4, 0.5) is 0 Å². The maximum absolute atomic E-state index is 10.7. The van der Waals surface area contributed by atoms with Crippen molar-refractivity contribution in [1.82, 2.24) is 0 Å². The van der Waals surface area contributed by atoms with Crippen LogP contribution in [0.25, 0.3) is 0 Å². The van der Waals surface area contributed by atoms with Gasteiger partial charge in [0.05, 0.1) is 4.83 Å². The molecule has 1 rings (SSSR count). The Morgan fingerprint density at radius 1 is 1.21 bits per heavy atom. The molecule has 0 heterocycles. The molecular formula is C9H7Br3O2. The third-order valence-corrected chi connectivity index (χ3v) is 4.90. The number of aliphatic carboxylic acids is 1. The van der Waals surface area contributed by atoms with Crippen LogP contribution in [0.3, 0.4) is 0 Å². The quantitative estimate of drug-likeness (QED) is 0.804. The van der Waals surface area contributed by atoms with E-state index in [1.807, 2.05) is 24.3 Å². The third-order valence-electron chi connectivity index (χ3n) is 1.68. The highest BCUT2D eigenvalue weighted by Gasteiger charge is 2.24. The molecule has 2 nitrogen and oxygen atoms in total. The minimum absolute atomic E-state index is 0.229. The normalized spacial score (nSPS) is 14.8. The van der Waals surface area contributed by atoms with Crippen molar-refractivity contribution >= 4 is 53.8 Å². The molecule has 0 aliphatic carbocycles. The fourth-order valence-corrected chi connectivity index (χ4v) is 2.04. The van der Waals surface area contributed by atoms with Gasteiger partial charge in [-0.05, 0) is 17.7 Å². The summed E-state index contributed by atoms with van der Waals surface area (Å²) < 4.78 is 0.974. The lowest BCUT2D eigenvalue weighted by molar-refractivity contribution is -0.136. The number of hydrogen-bond donors (Lipinski definition) is 1. The van der Waals surface area contributed by atoms with Gasteiger partial charge in [0.2, 0.25) is 0 Å². The van der Waals surface area contributed by atoms with Gasteiger partial charge in [-0.1, -0.05) is 59.9 Å². The van der Waals surface area contributed by atoms with E-state index in [1.54, 1.807) is 0 Å². The summed E-state index contributed by atoms with van der Waals surface area (Å²) in [6, 6.07) is 7.51. The molecule has 0 bridgehead atoms. The Labute approximate surface area is 107 Å². The fraction of sp³-hybridized carbons (Fsp3) is 0.222. The van der Waals surface area contributed by atoms with Crippen LogP contribution in [0.2, 0.25) is 0 Å². The Morgan fingerprint density at radius 3 is 2.14 bits per heavy atom. The zero-order chi connectivity index (χ0) is 10.7. The van der Waals surface area contributed by atoms with Crippen LogP contribution in [-0.2, 0) is 4.79 Å². The number of carboxylic acid groups (broad SMARTS) is 1. The molecule has 0 aromatic heterocycles. The number of alkyl halides is 2. The van der Waals surface area contributed by atoms with Crippen molar-refractivity contribution in [3.8, 4) is 0 Å². The average molecular weight is 387 g/mol. The number of hydrogen-bond acceptors (Lipinski definition) is 1. The number of benzene rings is 1. The molecule has 0 saturated heterocycles. The smallest absolute Gasteiger partial charge is 0.318 e. The van der Waals surface area contributed by atoms with Gasteiger partial charge >= 0.3 is 5.97 Å². The zero-order valence-electron chi connectivity index (χ0n) is 6.95. The Bertz CT molecular complexity index is 323. The molecule has 0 spiro atoms. The molecule has 76 valence electrons. The van der Waals surface area contributed by atoms with Crippen molar-refractivity contribution in [2.45, 2.75) is 9.65 Å². The second-order valence-electron chi connectivity index (χ2n) is 2.69. The predicted molar refractivity (Wildman–Crippen MR) is 66.2 cm³/mol. The van der Waals surface area contributed by atoms with Gasteiger partial charge in [0, 0.05) is 4.47 Å². The van der Waals surface area contributed by atoms with Gasteiger partial charge in [-0.15, -0.1) is 0 Å². The lowest BCUT2D eigenvalue weighted by atomic mass is 10.1. The van der Waals surface area contributed by atoms with E-state index < -0.39 is 10.8 Å². The first kappa shape index (κ1) is 12.2. The molecule has 0 radical (unpaired) electrons. The van der Waals surface area contributed by atoms with Gasteiger partial charge in [-0.25, -0.2) is 0 Å². The molecule has 2 atom stereocenters. The lowest BCUT2D eigenvalue weighted by Crippen LogP contribution is -2.17. The SMILES string of the molecule is O=C(O)[C@@H](Br)[C@@H](Br)c1ccc(Br)cc1. The maximum atomic E-state index is 10.7. The third kappa shape index (κ3) is 3.07. The van der Waals surface area contributed by atoms with Crippen LogP contribution in [-0.4, -0.2) is 15.9 Å². The van der Waals surface area contributed by atoms with E-state index in [2.05, 4.69) is 47.8 Å². The van der Waals surface area contributed by atoms with Crippen molar-refractivity contribution in [3.63, 3.8) is 0 Å². The van der Waals surface area contributed by atoms with Gasteiger partial charge in [0.15, 0.2) is 0 Å². The summed E-state index contributed by atoms with van der Waals surface area (Å²) in [6.45, 7) is 0. The molecular weight excluding hydrogens is 380 g/mol. The van der Waals surface area contributed by atoms with Crippen LogP contribution < -0.4 is 0 Å². The van der Waals surface area contributed by atoms with Crippen LogP contribution in [0, 0.1) is 0 Å². The van der Waals surface area contributed by atoms with Crippen molar-refractivity contribution in [2.75, 3.05) is 0 Å². The Hall–Kier alpha value is 0.130. The summed E-state index contributed by atoms with van der Waals surface area (Å²) in [5, 5.41) is 8.78. The van der Waals surface area contributed by atoms with Gasteiger partial charge < -0.3 is 5.11 Å². The van der Waals surface area contributed by atoms with Gasteiger partial charge in [-0.3, -0.25) is 4.79 Å². The summed E-state index contributed by atoms with van der Waals surface area (Å²) in [4.78, 5) is 9.84. The molecule has 1 aromatic rings. The molecule has 0 amide bonds. The van der Waals surface area contributed by atoms with Crippen LogP contribution in [0.1, 0.15) is 10.4 Å². The lowest BCUT2D eigenvalue weighted by Gasteiger charge is -2.12. The first-order valence-corrected chi connectivity index (χ1v) is 6.41. The molecule has 0 aliphatic rings. The summed E-state index contributed by atoms with van der Waals surface area (Å²) in [5.74, 6) is -0.880. The Morgan fingerprint density at radius 2 is 1.71 bits per heavy atom. The largest absolute Gasteiger partial charge is 0.480 e. The number of halogens is 3. The highest BCUT2D eigenvalue weighted by Crippen LogP contribution is 2.31. The Kier molecular flexibility index (Phi) is 4.60. The van der Waals surface area contributed by atoms with Crippen molar-refractivity contribution in [1.29, 1.82) is 0 Å². The zero-order valence-corrected chi connectivity index (χ0v) is 11.7. The molecule has 5 heteroatoms. The van der Waals surface area contributed by atoms with Crippen LogP contribution >= 0.6 is 47.8 Å². The average Bonchev–Trinajstić information content (AvgIpc) is 2.16. The van der Waals surface area contributed by atoms with E-state index in [4.69, 9.17) is 5.11 Å². The second-order valence-corrected chi connectivity index (χ2v) is 5.58. The first-order chi connectivity index (χ1) is 6.52. The minimum Gasteiger partial charge on any atom is -0.480 e. The molecule has 14 heavy (non-hydrogen) atoms. The summed E-state index contributed by atoms with van der Waals surface area (Å²) in [5.41, 5.74) is 0.928. The molecule has 1 aromatic carbocycles. The molecule has 0 unspecified atom stereocenters. The van der Waals surface area contributed by atoms with Gasteiger partial charge in [0.25, 0.3) is 0 Å². The van der Waals surface area contributed by atoms with Crippen LogP contribution in [0.5, 0.6) is 0 Å². The topological polar surface area (TPSA) is 37.3 Å². The maximum Gasteiger partial charge on any atom is 0.318 e. The predicted octanol–water partition coefficient (Wildman–Crippen LogP) is 3.73. The Balaban J connectivity index is 2.84. The van der Waals surface area contributed by atoms with Crippen molar-refractivity contribution in [3.05, 3.63) is 34.3 Å². The molecule has 0 aliphatic heterocycles. The van der Waals surface area contributed by atoms with E-state index in [9.17, 15) is 4.79 Å². The molecule has 1 N–H and O–H groups in total. The van der Waals surface area contributed by atoms with Crippen molar-refractivity contribution < 1.29 is 9.90 Å². The van der Waals surface area contributed by atoms with E-state index >= 15 is 0 Å². The van der Waals surface area contributed by atoms with Gasteiger partial charge in [0.1, 0.15) is 4.83 Å². The minimum atomic E-state index is -0.880. The number of rotatable bonds is 3. The number of carboxylic acids is 1. The highest BCUT2D eigenvalue weighted by molar-refractivity contribution is 9.12. The van der Waals surface area contributed by atoms with E-state index in [-0.39, 0.29) is 4.83 Å². The molecule has 0 fully saturated rings. The number of carbonyl (C=O) groups is 1. The van der Waals surface area contributed by atoms with E-state index in [0.717, 1.165) is 10.0 Å². The highest BCUT2D eigenvalue weighted by atomic mass is 79.9. The summed E-state index contributed by atoms with van der Waals surface area (Å²) in [6.07, 6.45) is 0. The van der Waals surface area contributed by atoms with Gasteiger partial charge in [-0.2, -0.15) is 0 Å². The fourth-order valence-electron chi connectivity index (χ4n) is 0.941. The van der Waals surface area contributed by atoms with E-state index in [1.165, 1.54) is 0 Å². The van der Waals surface area contributed by atoms with E-state index in [0.29, 0.717) is 0 Å². The first-order valence-electron chi connectivity index (χ1n) is 3.79.